The van der Waals surface area contributed by atoms with Crippen LogP contribution in [0.15, 0.2) is 78.9 Å². The number of rotatable bonds is 4. The molecule has 3 aromatic rings. The van der Waals surface area contributed by atoms with Crippen LogP contribution in [0.2, 0.25) is 0 Å². The summed E-state index contributed by atoms with van der Waals surface area (Å²) in [7, 11) is 0. The molecule has 0 aromatic heterocycles. The van der Waals surface area contributed by atoms with Gasteiger partial charge in [-0.2, -0.15) is 0 Å². The Morgan fingerprint density at radius 1 is 0.591 bits per heavy atom. The minimum Gasteiger partial charge on any atom is -0.392 e. The second-order valence-corrected chi connectivity index (χ2v) is 5.22. The number of hydrogen-bond donors (Lipinski definition) is 1. The van der Waals surface area contributed by atoms with E-state index in [4.69, 9.17) is 5.11 Å². The van der Waals surface area contributed by atoms with Crippen molar-refractivity contribution in [3.8, 4) is 11.1 Å². The van der Waals surface area contributed by atoms with Crippen molar-refractivity contribution < 1.29 is 5.11 Å². The summed E-state index contributed by atoms with van der Waals surface area (Å²) in [5, 5.41) is 9.04. The van der Waals surface area contributed by atoms with Crippen LogP contribution in [0.25, 0.3) is 23.3 Å². The number of benzene rings is 3. The normalized spacial score (nSPS) is 11.0. The van der Waals surface area contributed by atoms with Gasteiger partial charge in [-0.05, 0) is 27.8 Å². The SMILES string of the molecule is OCc1ccc(/C=C\c2ccc(-c3ccccc3)cc2)cc1. The molecule has 3 rings (SSSR count). The molecule has 0 saturated carbocycles. The fourth-order valence-corrected chi connectivity index (χ4v) is 2.34. The van der Waals surface area contributed by atoms with Crippen molar-refractivity contribution in [3.63, 3.8) is 0 Å². The van der Waals surface area contributed by atoms with Gasteiger partial charge in [0.05, 0.1) is 6.61 Å². The first-order chi connectivity index (χ1) is 10.8. The maximum Gasteiger partial charge on any atom is 0.0681 e. The molecule has 0 aliphatic rings. The van der Waals surface area contributed by atoms with Gasteiger partial charge < -0.3 is 5.11 Å². The molecule has 0 aliphatic heterocycles. The predicted octanol–water partition coefficient (Wildman–Crippen LogP) is 5.02. The average molecular weight is 286 g/mol. The Morgan fingerprint density at radius 3 is 1.64 bits per heavy atom. The summed E-state index contributed by atoms with van der Waals surface area (Å²) in [6, 6.07) is 26.8. The lowest BCUT2D eigenvalue weighted by Crippen LogP contribution is -1.81. The van der Waals surface area contributed by atoms with E-state index in [0.29, 0.717) is 0 Å². The Bertz CT molecular complexity index is 738. The van der Waals surface area contributed by atoms with Crippen molar-refractivity contribution in [2.75, 3.05) is 0 Å². The molecule has 22 heavy (non-hydrogen) atoms. The van der Waals surface area contributed by atoms with E-state index in [9.17, 15) is 0 Å². The molecule has 0 atom stereocenters. The third kappa shape index (κ3) is 3.51. The molecule has 108 valence electrons. The van der Waals surface area contributed by atoms with Crippen LogP contribution in [0.4, 0.5) is 0 Å². The maximum atomic E-state index is 9.04. The van der Waals surface area contributed by atoms with E-state index in [1.54, 1.807) is 0 Å². The van der Waals surface area contributed by atoms with Gasteiger partial charge in [0.2, 0.25) is 0 Å². The zero-order valence-electron chi connectivity index (χ0n) is 12.3. The molecule has 0 aliphatic carbocycles. The lowest BCUT2D eigenvalue weighted by molar-refractivity contribution is 0.282. The molecule has 0 spiro atoms. The molecule has 1 heteroatoms. The third-order valence-corrected chi connectivity index (χ3v) is 3.65. The highest BCUT2D eigenvalue weighted by Gasteiger charge is 1.96. The number of aliphatic hydroxyl groups excluding tert-OH is 1. The molecule has 0 bridgehead atoms. The summed E-state index contributed by atoms with van der Waals surface area (Å²) in [5.74, 6) is 0. The summed E-state index contributed by atoms with van der Waals surface area (Å²) < 4.78 is 0. The van der Waals surface area contributed by atoms with Gasteiger partial charge in [0.1, 0.15) is 0 Å². The monoisotopic (exact) mass is 286 g/mol. The Hall–Kier alpha value is -2.64. The van der Waals surface area contributed by atoms with Gasteiger partial charge in [-0.1, -0.05) is 91.0 Å². The van der Waals surface area contributed by atoms with Gasteiger partial charge in [0.25, 0.3) is 0 Å². The second-order valence-electron chi connectivity index (χ2n) is 5.22. The van der Waals surface area contributed by atoms with Crippen LogP contribution in [-0.4, -0.2) is 5.11 Å². The van der Waals surface area contributed by atoms with Crippen LogP contribution in [0.1, 0.15) is 16.7 Å². The standard InChI is InChI=1S/C21H18O/c22-16-19-10-8-17(9-11-19)6-7-18-12-14-21(15-13-18)20-4-2-1-3-5-20/h1-15,22H,16H2/b7-6-. The molecule has 0 unspecified atom stereocenters. The fraction of sp³-hybridized carbons (Fsp3) is 0.0476. The lowest BCUT2D eigenvalue weighted by Gasteiger charge is -2.02. The molecule has 0 radical (unpaired) electrons. The summed E-state index contributed by atoms with van der Waals surface area (Å²) in [5.41, 5.74) is 5.70. The number of aliphatic hydroxyl groups is 1. The lowest BCUT2D eigenvalue weighted by atomic mass is 10.0. The predicted molar refractivity (Wildman–Crippen MR) is 93.2 cm³/mol. The van der Waals surface area contributed by atoms with E-state index < -0.39 is 0 Å². The molecular formula is C21H18O. The molecule has 0 fully saturated rings. The largest absolute Gasteiger partial charge is 0.392 e. The van der Waals surface area contributed by atoms with E-state index in [2.05, 4.69) is 60.7 Å². The van der Waals surface area contributed by atoms with Crippen molar-refractivity contribution in [2.45, 2.75) is 6.61 Å². The highest BCUT2D eigenvalue weighted by molar-refractivity contribution is 5.72. The van der Waals surface area contributed by atoms with E-state index in [-0.39, 0.29) is 6.61 Å². The first kappa shape index (κ1) is 14.3. The van der Waals surface area contributed by atoms with Gasteiger partial charge in [0, 0.05) is 0 Å². The van der Waals surface area contributed by atoms with Crippen LogP contribution < -0.4 is 0 Å². The van der Waals surface area contributed by atoms with Crippen molar-refractivity contribution >= 4 is 12.2 Å². The van der Waals surface area contributed by atoms with Crippen LogP contribution in [0.3, 0.4) is 0 Å². The molecule has 3 aromatic carbocycles. The van der Waals surface area contributed by atoms with Crippen molar-refractivity contribution in [3.05, 3.63) is 95.6 Å². The van der Waals surface area contributed by atoms with Crippen LogP contribution in [-0.2, 0) is 6.61 Å². The molecule has 0 amide bonds. The summed E-state index contributed by atoms with van der Waals surface area (Å²) >= 11 is 0. The first-order valence-electron chi connectivity index (χ1n) is 7.38. The summed E-state index contributed by atoms with van der Waals surface area (Å²) in [4.78, 5) is 0. The van der Waals surface area contributed by atoms with Crippen molar-refractivity contribution in [1.82, 2.24) is 0 Å². The van der Waals surface area contributed by atoms with E-state index in [0.717, 1.165) is 11.1 Å². The highest BCUT2D eigenvalue weighted by atomic mass is 16.3. The molecule has 1 nitrogen and oxygen atoms in total. The average Bonchev–Trinajstić information content (AvgIpc) is 2.61. The van der Waals surface area contributed by atoms with Gasteiger partial charge in [0.15, 0.2) is 0 Å². The molecular weight excluding hydrogens is 268 g/mol. The quantitative estimate of drug-likeness (QED) is 0.668. The molecule has 0 heterocycles. The van der Waals surface area contributed by atoms with Crippen molar-refractivity contribution in [2.24, 2.45) is 0 Å². The van der Waals surface area contributed by atoms with Gasteiger partial charge in [-0.15, -0.1) is 0 Å². The van der Waals surface area contributed by atoms with Crippen LogP contribution in [0, 0.1) is 0 Å². The Morgan fingerprint density at radius 2 is 1.09 bits per heavy atom. The first-order valence-corrected chi connectivity index (χ1v) is 7.38. The van der Waals surface area contributed by atoms with Crippen molar-refractivity contribution in [1.29, 1.82) is 0 Å². The zero-order valence-corrected chi connectivity index (χ0v) is 12.3. The van der Waals surface area contributed by atoms with Gasteiger partial charge in [-0.3, -0.25) is 0 Å². The highest BCUT2D eigenvalue weighted by Crippen LogP contribution is 2.20. The topological polar surface area (TPSA) is 20.2 Å². The minimum atomic E-state index is 0.0882. The molecule has 1 N–H and O–H groups in total. The van der Waals surface area contributed by atoms with Crippen LogP contribution in [0.5, 0.6) is 0 Å². The summed E-state index contributed by atoms with van der Waals surface area (Å²) in [6.07, 6.45) is 4.18. The van der Waals surface area contributed by atoms with E-state index >= 15 is 0 Å². The van der Waals surface area contributed by atoms with Crippen LogP contribution >= 0.6 is 0 Å². The zero-order chi connectivity index (χ0) is 15.2. The fourth-order valence-electron chi connectivity index (χ4n) is 2.34. The Balaban J connectivity index is 1.74. The smallest absolute Gasteiger partial charge is 0.0681 e. The van der Waals surface area contributed by atoms with Gasteiger partial charge in [-0.25, -0.2) is 0 Å². The van der Waals surface area contributed by atoms with E-state index in [1.807, 2.05) is 30.3 Å². The molecule has 0 saturated heterocycles. The second kappa shape index (κ2) is 6.88. The van der Waals surface area contributed by atoms with Gasteiger partial charge >= 0.3 is 0 Å². The third-order valence-electron chi connectivity index (χ3n) is 3.65. The number of hydrogen-bond acceptors (Lipinski definition) is 1. The van der Waals surface area contributed by atoms with E-state index in [1.165, 1.54) is 16.7 Å². The summed E-state index contributed by atoms with van der Waals surface area (Å²) in [6.45, 7) is 0.0882. The minimum absolute atomic E-state index is 0.0882. The Kier molecular flexibility index (Phi) is 4.47. The maximum absolute atomic E-state index is 9.04. The Labute approximate surface area is 131 Å².